The summed E-state index contributed by atoms with van der Waals surface area (Å²) < 4.78 is 16.1. The standard InChI is InChI=1S/C17H19N3O5S/c1-23-10-5-8(6-11(24-2)14(10)25-3)9-7-12(21)18-15-13(9)16(22)20-17(19-15)26-4/h5-6,9H,7H2,1-4H3,(H2,18,19,20,21,22)/t9-/m1/s1. The molecule has 0 radical (unpaired) electrons. The average molecular weight is 377 g/mol. The van der Waals surface area contributed by atoms with E-state index in [0.717, 1.165) is 0 Å². The van der Waals surface area contributed by atoms with Crippen LogP contribution in [-0.2, 0) is 4.79 Å². The lowest BCUT2D eigenvalue weighted by molar-refractivity contribution is -0.116. The molecule has 0 spiro atoms. The topological polar surface area (TPSA) is 103 Å². The summed E-state index contributed by atoms with van der Waals surface area (Å²) in [5, 5.41) is 3.13. The van der Waals surface area contributed by atoms with Gasteiger partial charge in [-0.15, -0.1) is 0 Å². The van der Waals surface area contributed by atoms with Crippen LogP contribution in [0.15, 0.2) is 22.1 Å². The maximum absolute atomic E-state index is 12.6. The van der Waals surface area contributed by atoms with Gasteiger partial charge in [0.1, 0.15) is 5.82 Å². The molecule has 1 atom stereocenters. The van der Waals surface area contributed by atoms with Crippen molar-refractivity contribution in [1.82, 2.24) is 9.97 Å². The van der Waals surface area contributed by atoms with E-state index < -0.39 is 5.92 Å². The van der Waals surface area contributed by atoms with Crippen LogP contribution in [0.4, 0.5) is 5.82 Å². The number of fused-ring (bicyclic) bond motifs is 1. The Bertz CT molecular complexity index is 887. The molecule has 2 aromatic rings. The average Bonchev–Trinajstić information content (AvgIpc) is 2.65. The number of hydrogen-bond donors (Lipinski definition) is 2. The van der Waals surface area contributed by atoms with Crippen molar-refractivity contribution in [3.05, 3.63) is 33.6 Å². The van der Waals surface area contributed by atoms with Crippen LogP contribution in [0.3, 0.4) is 0 Å². The predicted molar refractivity (Wildman–Crippen MR) is 97.8 cm³/mol. The van der Waals surface area contributed by atoms with Crippen molar-refractivity contribution >= 4 is 23.5 Å². The Hall–Kier alpha value is -2.68. The van der Waals surface area contributed by atoms with Crippen molar-refractivity contribution in [3.8, 4) is 17.2 Å². The van der Waals surface area contributed by atoms with Gasteiger partial charge < -0.3 is 24.5 Å². The fraction of sp³-hybridized carbons (Fsp3) is 0.353. The molecule has 0 saturated heterocycles. The number of amides is 1. The second-order valence-corrected chi connectivity index (χ2v) is 6.40. The highest BCUT2D eigenvalue weighted by molar-refractivity contribution is 7.98. The number of nitrogens with zero attached hydrogens (tertiary/aromatic N) is 1. The first-order chi connectivity index (χ1) is 12.5. The molecule has 1 aliphatic heterocycles. The van der Waals surface area contributed by atoms with E-state index >= 15 is 0 Å². The SMILES string of the molecule is COc1cc([C@H]2CC(=O)Nc3nc(SC)[nH]c(=O)c32)cc(OC)c1OC. The lowest BCUT2D eigenvalue weighted by atomic mass is 9.86. The van der Waals surface area contributed by atoms with E-state index in [4.69, 9.17) is 14.2 Å². The summed E-state index contributed by atoms with van der Waals surface area (Å²) >= 11 is 1.30. The van der Waals surface area contributed by atoms with Gasteiger partial charge in [0.25, 0.3) is 5.56 Å². The van der Waals surface area contributed by atoms with Crippen LogP contribution in [0.25, 0.3) is 0 Å². The second-order valence-electron chi connectivity index (χ2n) is 5.60. The first-order valence-electron chi connectivity index (χ1n) is 7.80. The summed E-state index contributed by atoms with van der Waals surface area (Å²) in [6.45, 7) is 0. The van der Waals surface area contributed by atoms with E-state index in [1.807, 2.05) is 0 Å². The molecule has 1 amide bonds. The van der Waals surface area contributed by atoms with Gasteiger partial charge in [-0.05, 0) is 24.0 Å². The van der Waals surface area contributed by atoms with Crippen LogP contribution in [-0.4, -0.2) is 43.5 Å². The Labute approximate surface area is 154 Å². The van der Waals surface area contributed by atoms with Crippen LogP contribution in [0.5, 0.6) is 17.2 Å². The van der Waals surface area contributed by atoms with Crippen LogP contribution < -0.4 is 25.1 Å². The molecule has 1 aliphatic rings. The van der Waals surface area contributed by atoms with Crippen LogP contribution in [0.1, 0.15) is 23.5 Å². The van der Waals surface area contributed by atoms with Crippen LogP contribution in [0.2, 0.25) is 0 Å². The summed E-state index contributed by atoms with van der Waals surface area (Å²) in [6, 6.07) is 3.49. The molecule has 1 aromatic carbocycles. The Morgan fingerprint density at radius 2 is 1.77 bits per heavy atom. The minimum absolute atomic E-state index is 0.120. The zero-order chi connectivity index (χ0) is 18.8. The van der Waals surface area contributed by atoms with Crippen molar-refractivity contribution in [3.63, 3.8) is 0 Å². The van der Waals surface area contributed by atoms with E-state index in [1.165, 1.54) is 33.1 Å². The number of thioether (sulfide) groups is 1. The number of carbonyl (C=O) groups excluding carboxylic acids is 1. The number of aromatic amines is 1. The lowest BCUT2D eigenvalue weighted by Gasteiger charge is -2.25. The van der Waals surface area contributed by atoms with Crippen LogP contribution >= 0.6 is 11.8 Å². The summed E-state index contributed by atoms with van der Waals surface area (Å²) in [4.78, 5) is 31.9. The summed E-state index contributed by atoms with van der Waals surface area (Å²) in [5.41, 5.74) is 0.842. The number of nitrogens with one attached hydrogen (secondary N) is 2. The highest BCUT2D eigenvalue weighted by Crippen LogP contribution is 2.43. The third kappa shape index (κ3) is 3.10. The Kier molecular flexibility index (Phi) is 5.08. The van der Waals surface area contributed by atoms with Crippen molar-refractivity contribution < 1.29 is 19.0 Å². The van der Waals surface area contributed by atoms with E-state index in [1.54, 1.807) is 18.4 Å². The van der Waals surface area contributed by atoms with Gasteiger partial charge in [0.05, 0.1) is 26.9 Å². The third-order valence-corrected chi connectivity index (χ3v) is 4.79. The van der Waals surface area contributed by atoms with Gasteiger partial charge in [0.2, 0.25) is 11.7 Å². The van der Waals surface area contributed by atoms with Gasteiger partial charge in [0, 0.05) is 12.3 Å². The number of rotatable bonds is 5. The van der Waals surface area contributed by atoms with Crippen molar-refractivity contribution in [2.75, 3.05) is 32.9 Å². The molecule has 26 heavy (non-hydrogen) atoms. The maximum atomic E-state index is 12.6. The zero-order valence-electron chi connectivity index (χ0n) is 14.8. The number of carbonyl (C=O) groups is 1. The summed E-state index contributed by atoms with van der Waals surface area (Å²) in [7, 11) is 4.55. The van der Waals surface area contributed by atoms with Crippen LogP contribution in [0, 0.1) is 0 Å². The fourth-order valence-corrected chi connectivity index (χ4v) is 3.41. The lowest BCUT2D eigenvalue weighted by Crippen LogP contribution is -2.31. The molecule has 2 heterocycles. The normalized spacial score (nSPS) is 15.8. The highest BCUT2D eigenvalue weighted by atomic mass is 32.2. The minimum atomic E-state index is -0.473. The smallest absolute Gasteiger partial charge is 0.257 e. The van der Waals surface area contributed by atoms with E-state index in [-0.39, 0.29) is 23.7 Å². The number of ether oxygens (including phenoxy) is 3. The van der Waals surface area contributed by atoms with Crippen molar-refractivity contribution in [2.24, 2.45) is 0 Å². The van der Waals surface area contributed by atoms with Crippen molar-refractivity contribution in [2.45, 2.75) is 17.5 Å². The van der Waals surface area contributed by atoms with Gasteiger partial charge in [-0.25, -0.2) is 4.98 Å². The molecular weight excluding hydrogens is 358 g/mol. The molecular formula is C17H19N3O5S. The number of anilines is 1. The molecule has 1 aromatic heterocycles. The summed E-state index contributed by atoms with van der Waals surface area (Å²) in [5.74, 6) is 0.970. The van der Waals surface area contributed by atoms with Gasteiger partial charge in [0.15, 0.2) is 16.7 Å². The predicted octanol–water partition coefficient (Wildman–Crippen LogP) is 1.99. The Balaban J connectivity index is 2.20. The molecule has 0 saturated carbocycles. The largest absolute Gasteiger partial charge is 0.493 e. The molecule has 2 N–H and O–H groups in total. The molecule has 8 nitrogen and oxygen atoms in total. The quantitative estimate of drug-likeness (QED) is 0.607. The van der Waals surface area contributed by atoms with E-state index in [0.29, 0.717) is 33.5 Å². The first kappa shape index (κ1) is 18.1. The minimum Gasteiger partial charge on any atom is -0.493 e. The third-order valence-electron chi connectivity index (χ3n) is 4.21. The van der Waals surface area contributed by atoms with E-state index in [2.05, 4.69) is 15.3 Å². The van der Waals surface area contributed by atoms with Gasteiger partial charge in [-0.1, -0.05) is 11.8 Å². The molecule has 0 bridgehead atoms. The Morgan fingerprint density at radius 3 is 2.31 bits per heavy atom. The number of methoxy groups -OCH3 is 3. The molecule has 3 rings (SSSR count). The van der Waals surface area contributed by atoms with Crippen molar-refractivity contribution in [1.29, 1.82) is 0 Å². The highest BCUT2D eigenvalue weighted by Gasteiger charge is 2.32. The number of benzene rings is 1. The monoisotopic (exact) mass is 377 g/mol. The molecule has 0 unspecified atom stereocenters. The number of hydrogen-bond acceptors (Lipinski definition) is 7. The molecule has 0 aliphatic carbocycles. The summed E-state index contributed by atoms with van der Waals surface area (Å²) in [6.07, 6.45) is 1.92. The van der Waals surface area contributed by atoms with E-state index in [9.17, 15) is 9.59 Å². The zero-order valence-corrected chi connectivity index (χ0v) is 15.7. The second kappa shape index (κ2) is 7.28. The molecule has 138 valence electrons. The Morgan fingerprint density at radius 1 is 1.12 bits per heavy atom. The van der Waals surface area contributed by atoms with Gasteiger partial charge in [-0.3, -0.25) is 9.59 Å². The van der Waals surface area contributed by atoms with Gasteiger partial charge in [-0.2, -0.15) is 0 Å². The number of H-pyrrole nitrogens is 1. The van der Waals surface area contributed by atoms with Gasteiger partial charge >= 0.3 is 0 Å². The molecule has 0 fully saturated rings. The number of aromatic nitrogens is 2. The maximum Gasteiger partial charge on any atom is 0.257 e. The molecule has 9 heteroatoms. The fourth-order valence-electron chi connectivity index (χ4n) is 3.03. The first-order valence-corrected chi connectivity index (χ1v) is 9.02.